The fraction of sp³-hybridized carbons (Fsp3) is 0.231. The van der Waals surface area contributed by atoms with Crippen molar-refractivity contribution in [2.24, 2.45) is 5.84 Å². The summed E-state index contributed by atoms with van der Waals surface area (Å²) in [5.41, 5.74) is 4.35. The SMILES string of the molecule is COCc1nc(NN)cc(Nc2ccc(C)cc2Cl)n1. The standard InChI is InChI=1S/C13H16ClN5O/c1-8-3-4-10(9(14)5-8)16-11-6-12(19-15)18-13(17-11)7-20-2/h3-6H,7,15H2,1-2H3,(H2,16,17,18,19). The summed E-state index contributed by atoms with van der Waals surface area (Å²) in [6.45, 7) is 2.28. The van der Waals surface area contributed by atoms with Crippen LogP contribution in [0.4, 0.5) is 17.3 Å². The molecule has 0 atom stereocenters. The zero-order chi connectivity index (χ0) is 14.5. The van der Waals surface area contributed by atoms with Crippen LogP contribution in [0.3, 0.4) is 0 Å². The van der Waals surface area contributed by atoms with E-state index in [0.29, 0.717) is 29.1 Å². The van der Waals surface area contributed by atoms with Crippen molar-refractivity contribution in [3.8, 4) is 0 Å². The van der Waals surface area contributed by atoms with Gasteiger partial charge in [-0.3, -0.25) is 0 Å². The molecule has 0 bridgehead atoms. The molecule has 0 saturated carbocycles. The third-order valence-corrected chi connectivity index (χ3v) is 2.89. The van der Waals surface area contributed by atoms with Gasteiger partial charge in [0.15, 0.2) is 5.82 Å². The van der Waals surface area contributed by atoms with E-state index in [1.165, 1.54) is 0 Å². The van der Waals surface area contributed by atoms with Crippen molar-refractivity contribution in [2.75, 3.05) is 17.9 Å². The second-order valence-corrected chi connectivity index (χ2v) is 4.65. The summed E-state index contributed by atoms with van der Waals surface area (Å²) in [4.78, 5) is 8.50. The first-order valence-corrected chi connectivity index (χ1v) is 6.37. The zero-order valence-corrected chi connectivity index (χ0v) is 12.0. The van der Waals surface area contributed by atoms with E-state index < -0.39 is 0 Å². The molecule has 20 heavy (non-hydrogen) atoms. The van der Waals surface area contributed by atoms with Crippen LogP contribution in [-0.4, -0.2) is 17.1 Å². The molecule has 1 aromatic heterocycles. The van der Waals surface area contributed by atoms with Crippen molar-refractivity contribution in [1.82, 2.24) is 9.97 Å². The predicted octanol–water partition coefficient (Wildman–Crippen LogP) is 2.61. The Labute approximate surface area is 122 Å². The topological polar surface area (TPSA) is 85.1 Å². The first-order chi connectivity index (χ1) is 9.62. The Morgan fingerprint density at radius 3 is 2.65 bits per heavy atom. The van der Waals surface area contributed by atoms with Crippen molar-refractivity contribution in [2.45, 2.75) is 13.5 Å². The van der Waals surface area contributed by atoms with Crippen LogP contribution in [0.15, 0.2) is 24.3 Å². The van der Waals surface area contributed by atoms with E-state index in [2.05, 4.69) is 20.7 Å². The normalized spacial score (nSPS) is 10.4. The van der Waals surface area contributed by atoms with Crippen molar-refractivity contribution >= 4 is 28.9 Å². The fourth-order valence-electron chi connectivity index (χ4n) is 1.69. The summed E-state index contributed by atoms with van der Waals surface area (Å²) < 4.78 is 5.02. The Hall–Kier alpha value is -1.89. The van der Waals surface area contributed by atoms with Gasteiger partial charge in [-0.05, 0) is 24.6 Å². The summed E-state index contributed by atoms with van der Waals surface area (Å²) >= 11 is 6.18. The number of benzene rings is 1. The second kappa shape index (κ2) is 6.51. The molecule has 0 aliphatic rings. The number of anilines is 3. The molecule has 2 rings (SSSR count). The molecule has 4 N–H and O–H groups in total. The summed E-state index contributed by atoms with van der Waals surface area (Å²) in [5, 5.41) is 3.76. The predicted molar refractivity (Wildman–Crippen MR) is 80.0 cm³/mol. The van der Waals surface area contributed by atoms with Crippen molar-refractivity contribution in [3.05, 3.63) is 40.7 Å². The fourth-order valence-corrected chi connectivity index (χ4v) is 1.97. The molecule has 0 radical (unpaired) electrons. The van der Waals surface area contributed by atoms with Gasteiger partial charge in [0, 0.05) is 13.2 Å². The van der Waals surface area contributed by atoms with Gasteiger partial charge < -0.3 is 15.5 Å². The number of nitrogens with two attached hydrogens (primary N) is 1. The van der Waals surface area contributed by atoms with Crippen LogP contribution in [0.5, 0.6) is 0 Å². The van der Waals surface area contributed by atoms with E-state index in [0.717, 1.165) is 11.3 Å². The third kappa shape index (κ3) is 3.57. The van der Waals surface area contributed by atoms with Gasteiger partial charge in [0.25, 0.3) is 0 Å². The minimum atomic E-state index is 0.297. The van der Waals surface area contributed by atoms with Gasteiger partial charge in [0.05, 0.1) is 10.7 Å². The van der Waals surface area contributed by atoms with Gasteiger partial charge in [0.2, 0.25) is 0 Å². The highest BCUT2D eigenvalue weighted by Gasteiger charge is 2.06. The third-order valence-electron chi connectivity index (χ3n) is 2.58. The van der Waals surface area contributed by atoms with Crippen molar-refractivity contribution < 1.29 is 4.74 Å². The highest BCUT2D eigenvalue weighted by molar-refractivity contribution is 6.33. The van der Waals surface area contributed by atoms with Gasteiger partial charge in [0.1, 0.15) is 18.2 Å². The molecule has 2 aromatic rings. The molecular weight excluding hydrogens is 278 g/mol. The highest BCUT2D eigenvalue weighted by atomic mass is 35.5. The monoisotopic (exact) mass is 293 g/mol. The molecule has 0 unspecified atom stereocenters. The second-order valence-electron chi connectivity index (χ2n) is 4.24. The lowest BCUT2D eigenvalue weighted by atomic mass is 10.2. The Bertz CT molecular complexity index is 605. The Morgan fingerprint density at radius 1 is 1.25 bits per heavy atom. The van der Waals surface area contributed by atoms with Crippen molar-refractivity contribution in [3.63, 3.8) is 0 Å². The van der Waals surface area contributed by atoms with E-state index in [4.69, 9.17) is 22.2 Å². The quantitative estimate of drug-likeness (QED) is 0.580. The number of halogens is 1. The molecular formula is C13H16ClN5O. The van der Waals surface area contributed by atoms with Gasteiger partial charge in [-0.25, -0.2) is 15.8 Å². The maximum Gasteiger partial charge on any atom is 0.158 e. The number of hydrogen-bond donors (Lipinski definition) is 3. The number of nitrogens with one attached hydrogen (secondary N) is 2. The molecule has 0 aliphatic heterocycles. The molecule has 0 saturated heterocycles. The van der Waals surface area contributed by atoms with E-state index in [1.807, 2.05) is 25.1 Å². The minimum Gasteiger partial charge on any atom is -0.377 e. The number of aromatic nitrogens is 2. The number of aryl methyl sites for hydroxylation is 1. The van der Waals surface area contributed by atoms with Crippen LogP contribution in [0.2, 0.25) is 5.02 Å². The number of hydrogen-bond acceptors (Lipinski definition) is 6. The Kier molecular flexibility index (Phi) is 4.73. The van der Waals surface area contributed by atoms with Crippen LogP contribution in [0.1, 0.15) is 11.4 Å². The van der Waals surface area contributed by atoms with E-state index in [9.17, 15) is 0 Å². The van der Waals surface area contributed by atoms with Crippen LogP contribution >= 0.6 is 11.6 Å². The zero-order valence-electron chi connectivity index (χ0n) is 11.3. The van der Waals surface area contributed by atoms with Crippen LogP contribution in [-0.2, 0) is 11.3 Å². The minimum absolute atomic E-state index is 0.297. The van der Waals surface area contributed by atoms with Crippen molar-refractivity contribution in [1.29, 1.82) is 0 Å². The number of nitrogens with zero attached hydrogens (tertiary/aromatic N) is 2. The van der Waals surface area contributed by atoms with Gasteiger partial charge in [-0.1, -0.05) is 17.7 Å². The molecule has 7 heteroatoms. The molecule has 0 aliphatic carbocycles. The number of ether oxygens (including phenoxy) is 1. The Balaban J connectivity index is 2.29. The summed E-state index contributed by atoms with van der Waals surface area (Å²) in [6.07, 6.45) is 0. The molecule has 0 fully saturated rings. The first-order valence-electron chi connectivity index (χ1n) is 5.99. The van der Waals surface area contributed by atoms with Crippen LogP contribution < -0.4 is 16.6 Å². The lowest BCUT2D eigenvalue weighted by Crippen LogP contribution is -2.11. The number of hydrazine groups is 1. The van der Waals surface area contributed by atoms with Gasteiger partial charge in [-0.15, -0.1) is 0 Å². The Morgan fingerprint density at radius 2 is 2.00 bits per heavy atom. The molecule has 1 heterocycles. The van der Waals surface area contributed by atoms with E-state index >= 15 is 0 Å². The largest absolute Gasteiger partial charge is 0.377 e. The molecule has 106 valence electrons. The lowest BCUT2D eigenvalue weighted by Gasteiger charge is -2.11. The van der Waals surface area contributed by atoms with Gasteiger partial charge >= 0.3 is 0 Å². The van der Waals surface area contributed by atoms with Gasteiger partial charge in [-0.2, -0.15) is 0 Å². The van der Waals surface area contributed by atoms with E-state index in [-0.39, 0.29) is 0 Å². The average Bonchev–Trinajstić information content (AvgIpc) is 2.42. The van der Waals surface area contributed by atoms with Crippen LogP contribution in [0.25, 0.3) is 0 Å². The average molecular weight is 294 g/mol. The number of methoxy groups -OCH3 is 1. The number of nitrogen functional groups attached to an aromatic ring is 1. The smallest absolute Gasteiger partial charge is 0.158 e. The molecule has 0 amide bonds. The summed E-state index contributed by atoms with van der Waals surface area (Å²) in [5.74, 6) is 7.00. The van der Waals surface area contributed by atoms with E-state index in [1.54, 1.807) is 13.2 Å². The molecule has 0 spiro atoms. The number of rotatable bonds is 5. The summed E-state index contributed by atoms with van der Waals surface area (Å²) in [6, 6.07) is 7.43. The molecule has 6 nitrogen and oxygen atoms in total. The first kappa shape index (κ1) is 14.5. The maximum atomic E-state index is 6.18. The maximum absolute atomic E-state index is 6.18. The summed E-state index contributed by atoms with van der Waals surface area (Å²) in [7, 11) is 1.58. The highest BCUT2D eigenvalue weighted by Crippen LogP contribution is 2.26. The molecule has 1 aromatic carbocycles. The van der Waals surface area contributed by atoms with Crippen LogP contribution in [0, 0.1) is 6.92 Å². The lowest BCUT2D eigenvalue weighted by molar-refractivity contribution is 0.178.